The lowest BCUT2D eigenvalue weighted by Crippen LogP contribution is -2.29. The minimum Gasteiger partial charge on any atom is -0.310 e. The minimum atomic E-state index is -0.546. The van der Waals surface area contributed by atoms with Crippen molar-refractivity contribution in [1.82, 2.24) is 0 Å². The first-order valence-corrected chi connectivity index (χ1v) is 40.3. The standard InChI is InChI=1S/C80H56N2.C33H26/c1-53-35-43-57(44-36-53)79(71-31-13-9-27-65(71)66-28-10-14-32-72(66)79)59-19-17-25-63(51-59)81(61-21-5-3-6-22-61)75-49-41-55-40-48-70-76(50-42-56-39-47-69(75)77(55)78(56)70)82(62-23-7-4-8-24-62)64-26-18-20-60(52-64)80(58-45-37-54(2)38-46-58)73-33-15-11-29-67(73)68-30-12-16-34-74(68)80;1-24-18-20-27(21-19-24)33(28-13-9-12-26(23-28)22-25-10-3-2-4-11-25)31-16-7-5-14-29(31)30-15-6-8-17-32(30)33/h3-52H,1-2H3;2-21,23H,22H2,1H3. The molecule has 2 heteroatoms. The summed E-state index contributed by atoms with van der Waals surface area (Å²) in [6, 6.07) is 161. The van der Waals surface area contributed by atoms with Gasteiger partial charge in [0.1, 0.15) is 0 Å². The van der Waals surface area contributed by atoms with Gasteiger partial charge >= 0.3 is 0 Å². The Labute approximate surface area is 673 Å². The molecule has 3 aliphatic carbocycles. The van der Waals surface area contributed by atoms with Gasteiger partial charge in [0.2, 0.25) is 0 Å². The Kier molecular flexibility index (Phi) is 16.7. The number of hydrogen-bond acceptors (Lipinski definition) is 2. The van der Waals surface area contributed by atoms with Crippen molar-refractivity contribution in [3.63, 3.8) is 0 Å². The van der Waals surface area contributed by atoms with Gasteiger partial charge in [-0.15, -0.1) is 0 Å². The van der Waals surface area contributed by atoms with Gasteiger partial charge in [-0.2, -0.15) is 0 Å². The van der Waals surface area contributed by atoms with E-state index in [1.165, 1.54) is 160 Å². The number of hydrogen-bond donors (Lipinski definition) is 0. The first-order valence-electron chi connectivity index (χ1n) is 40.3. The highest BCUT2D eigenvalue weighted by Gasteiger charge is 2.49. The third kappa shape index (κ3) is 10.9. The van der Waals surface area contributed by atoms with Gasteiger partial charge < -0.3 is 9.80 Å². The molecule has 0 radical (unpaired) electrons. The van der Waals surface area contributed by atoms with Crippen molar-refractivity contribution in [2.75, 3.05) is 9.80 Å². The van der Waals surface area contributed by atoms with Crippen molar-refractivity contribution >= 4 is 66.4 Å². The van der Waals surface area contributed by atoms with E-state index in [0.717, 1.165) is 40.5 Å². The molecule has 2 nitrogen and oxygen atoms in total. The summed E-state index contributed by atoms with van der Waals surface area (Å²) < 4.78 is 0. The Bertz CT molecular complexity index is 6460. The molecule has 0 saturated heterocycles. The molecule has 0 unspecified atom stereocenters. The Morgan fingerprint density at radius 1 is 0.200 bits per heavy atom. The van der Waals surface area contributed by atoms with E-state index in [9.17, 15) is 0 Å². The van der Waals surface area contributed by atoms with Gasteiger partial charge in [-0.1, -0.05) is 387 Å². The normalized spacial score (nSPS) is 13.4. The first kappa shape index (κ1) is 68.8. The number of benzene rings is 19. The molecule has 0 heterocycles. The number of anilines is 6. The summed E-state index contributed by atoms with van der Waals surface area (Å²) in [5.41, 5.74) is 35.0. The molecule has 0 saturated carbocycles. The lowest BCUT2D eigenvalue weighted by Gasteiger charge is -2.35. The lowest BCUT2D eigenvalue weighted by atomic mass is 9.67. The first-order chi connectivity index (χ1) is 56.8. The second-order valence-electron chi connectivity index (χ2n) is 31.5. The van der Waals surface area contributed by atoms with E-state index in [1.807, 2.05) is 0 Å². The van der Waals surface area contributed by atoms with Crippen molar-refractivity contribution in [3.05, 3.63) is 525 Å². The zero-order valence-corrected chi connectivity index (χ0v) is 64.6. The largest absolute Gasteiger partial charge is 0.310 e. The average Bonchev–Trinajstić information content (AvgIpc) is 1.55. The van der Waals surface area contributed by atoms with Crippen LogP contribution in [-0.2, 0) is 22.7 Å². The van der Waals surface area contributed by atoms with Gasteiger partial charge in [-0.05, 0) is 221 Å². The maximum Gasteiger partial charge on any atom is 0.0714 e. The summed E-state index contributed by atoms with van der Waals surface area (Å²) in [4.78, 5) is 4.97. The fourth-order valence-corrected chi connectivity index (χ4v) is 20.2. The van der Waals surface area contributed by atoms with Crippen molar-refractivity contribution < 1.29 is 0 Å². The summed E-state index contributed by atoms with van der Waals surface area (Å²) in [6.07, 6.45) is 0.932. The summed E-state index contributed by atoms with van der Waals surface area (Å²) in [7, 11) is 0. The van der Waals surface area contributed by atoms with Gasteiger partial charge in [0.05, 0.1) is 27.6 Å². The number of nitrogens with zero attached hydrogens (tertiary/aromatic N) is 2. The fourth-order valence-electron chi connectivity index (χ4n) is 20.2. The van der Waals surface area contributed by atoms with E-state index < -0.39 is 10.8 Å². The monoisotopic (exact) mass is 1470 g/mol. The topological polar surface area (TPSA) is 6.48 Å². The van der Waals surface area contributed by atoms with Crippen LogP contribution in [0, 0.1) is 20.8 Å². The molecule has 544 valence electrons. The Balaban J connectivity index is 0.000000209. The highest BCUT2D eigenvalue weighted by atomic mass is 15.2. The second kappa shape index (κ2) is 27.9. The number of rotatable bonds is 14. The van der Waals surface area contributed by atoms with Gasteiger partial charge in [0, 0.05) is 33.5 Å². The third-order valence-electron chi connectivity index (χ3n) is 25.1. The Morgan fingerprint density at radius 2 is 0.470 bits per heavy atom. The maximum atomic E-state index is 2.48. The molecule has 0 bridgehead atoms. The Hall–Kier alpha value is -14.2. The van der Waals surface area contributed by atoms with E-state index in [-0.39, 0.29) is 5.41 Å². The van der Waals surface area contributed by atoms with E-state index in [2.05, 4.69) is 461 Å². The van der Waals surface area contributed by atoms with E-state index in [0.29, 0.717) is 0 Å². The molecular formula is C113H82N2. The highest BCUT2D eigenvalue weighted by Crippen LogP contribution is 2.61. The second-order valence-corrected chi connectivity index (χ2v) is 31.5. The number of fused-ring (bicyclic) bond motifs is 9. The van der Waals surface area contributed by atoms with E-state index >= 15 is 0 Å². The van der Waals surface area contributed by atoms with Crippen LogP contribution in [0.2, 0.25) is 0 Å². The quantitative estimate of drug-likeness (QED) is 0.100. The van der Waals surface area contributed by atoms with E-state index in [4.69, 9.17) is 0 Å². The fraction of sp³-hybridized carbons (Fsp3) is 0.0619. The van der Waals surface area contributed by atoms with Gasteiger partial charge in [0.25, 0.3) is 0 Å². The summed E-state index contributed by atoms with van der Waals surface area (Å²) in [5, 5.41) is 7.30. The summed E-state index contributed by atoms with van der Waals surface area (Å²) >= 11 is 0. The van der Waals surface area contributed by atoms with Crippen LogP contribution in [-0.4, -0.2) is 0 Å². The summed E-state index contributed by atoms with van der Waals surface area (Å²) in [6.45, 7) is 6.52. The molecule has 22 rings (SSSR count). The Morgan fingerprint density at radius 3 is 0.809 bits per heavy atom. The smallest absolute Gasteiger partial charge is 0.0714 e. The predicted octanol–water partition coefficient (Wildman–Crippen LogP) is 28.8. The van der Waals surface area contributed by atoms with Crippen LogP contribution in [0.5, 0.6) is 0 Å². The molecule has 0 N–H and O–H groups in total. The third-order valence-corrected chi connectivity index (χ3v) is 25.1. The number of aryl methyl sites for hydroxylation is 3. The SMILES string of the molecule is Cc1ccc(C2(c3cccc(Cc4ccccc4)c3)c3ccccc3-c3ccccc32)cc1.Cc1ccc(C2(c3cccc(N(c4ccccc4)c4ccc5ccc6c(N(c7ccccc7)c7cccc(C8(c9ccc(C)cc9)c9ccccc9-c9ccccc98)c7)ccc7ccc4c5c76)c3)c3ccccc3-c3ccccc32)cc1. The van der Waals surface area contributed by atoms with Crippen molar-refractivity contribution in [1.29, 1.82) is 0 Å². The average molecular weight is 1470 g/mol. The number of para-hydroxylation sites is 2. The molecule has 0 fully saturated rings. The van der Waals surface area contributed by atoms with Crippen LogP contribution in [0.3, 0.4) is 0 Å². The molecule has 3 aliphatic rings. The molecule has 19 aromatic rings. The van der Waals surface area contributed by atoms with Crippen LogP contribution in [0.1, 0.15) is 94.6 Å². The van der Waals surface area contributed by atoms with Crippen LogP contribution in [0.4, 0.5) is 34.1 Å². The van der Waals surface area contributed by atoms with Crippen LogP contribution in [0.15, 0.2) is 431 Å². The lowest BCUT2D eigenvalue weighted by molar-refractivity contribution is 0.766. The van der Waals surface area contributed by atoms with Gasteiger partial charge in [-0.25, -0.2) is 0 Å². The van der Waals surface area contributed by atoms with Crippen molar-refractivity contribution in [3.8, 4) is 33.4 Å². The van der Waals surface area contributed by atoms with Gasteiger partial charge in [-0.3, -0.25) is 0 Å². The van der Waals surface area contributed by atoms with Crippen LogP contribution in [0.25, 0.3) is 65.7 Å². The van der Waals surface area contributed by atoms with Crippen molar-refractivity contribution in [2.24, 2.45) is 0 Å². The summed E-state index contributed by atoms with van der Waals surface area (Å²) in [5.74, 6) is 0. The zero-order valence-electron chi connectivity index (χ0n) is 64.6. The van der Waals surface area contributed by atoms with Crippen LogP contribution >= 0.6 is 0 Å². The minimum absolute atomic E-state index is 0.326. The molecule has 0 amide bonds. The molecule has 0 atom stereocenters. The highest BCUT2D eigenvalue weighted by molar-refractivity contribution is 6.28. The molecule has 0 aliphatic heterocycles. The van der Waals surface area contributed by atoms with Crippen molar-refractivity contribution in [2.45, 2.75) is 43.4 Å². The predicted molar refractivity (Wildman–Crippen MR) is 481 cm³/mol. The molecule has 115 heavy (non-hydrogen) atoms. The molecule has 19 aromatic carbocycles. The molecule has 0 spiro atoms. The van der Waals surface area contributed by atoms with E-state index in [1.54, 1.807) is 0 Å². The zero-order chi connectivity index (χ0) is 76.8. The van der Waals surface area contributed by atoms with Gasteiger partial charge in [0.15, 0.2) is 0 Å². The maximum absolute atomic E-state index is 2.48. The molecule has 0 aromatic heterocycles. The molecular weight excluding hydrogens is 1390 g/mol. The van der Waals surface area contributed by atoms with Crippen LogP contribution < -0.4 is 9.80 Å².